The Morgan fingerprint density at radius 1 is 1.09 bits per heavy atom. The van der Waals surface area contributed by atoms with E-state index in [1.807, 2.05) is 30.5 Å². The summed E-state index contributed by atoms with van der Waals surface area (Å²) in [7, 11) is 0. The second-order valence-electron chi connectivity index (χ2n) is 5.26. The number of carbonyl (C=O) groups excluding carboxylic acids is 2. The summed E-state index contributed by atoms with van der Waals surface area (Å²) >= 11 is 0. The average Bonchev–Trinajstić information content (AvgIpc) is 2.95. The van der Waals surface area contributed by atoms with E-state index < -0.39 is 0 Å². The van der Waals surface area contributed by atoms with Crippen molar-refractivity contribution in [3.05, 3.63) is 65.9 Å². The Balaban J connectivity index is 1.71. The molecule has 0 saturated heterocycles. The van der Waals surface area contributed by atoms with Crippen LogP contribution < -0.4 is 5.32 Å². The zero-order chi connectivity index (χ0) is 15.5. The van der Waals surface area contributed by atoms with Crippen LogP contribution in [-0.4, -0.2) is 16.7 Å². The highest BCUT2D eigenvalue weighted by Crippen LogP contribution is 2.16. The first-order valence-corrected chi connectivity index (χ1v) is 7.09. The third kappa shape index (κ3) is 3.06. The van der Waals surface area contributed by atoms with E-state index in [-0.39, 0.29) is 11.7 Å². The number of amides is 1. The number of anilines is 1. The maximum absolute atomic E-state index is 12.1. The first kappa shape index (κ1) is 14.1. The zero-order valence-corrected chi connectivity index (χ0v) is 12.2. The number of Topliss-reactive ketones (excluding diaryl/α,β-unsaturated/α-hetero) is 1. The SMILES string of the molecule is CC(=O)c1cccc(NC(=O)Cc2ccc3cc[nH]c3c2)c1. The second-order valence-corrected chi connectivity index (χ2v) is 5.26. The van der Waals surface area contributed by atoms with Crippen molar-refractivity contribution in [3.63, 3.8) is 0 Å². The van der Waals surface area contributed by atoms with E-state index in [4.69, 9.17) is 0 Å². The quantitative estimate of drug-likeness (QED) is 0.722. The Morgan fingerprint density at radius 2 is 1.95 bits per heavy atom. The van der Waals surface area contributed by atoms with Gasteiger partial charge in [0.05, 0.1) is 6.42 Å². The van der Waals surface area contributed by atoms with Crippen molar-refractivity contribution in [1.29, 1.82) is 0 Å². The van der Waals surface area contributed by atoms with Crippen LogP contribution in [0, 0.1) is 0 Å². The van der Waals surface area contributed by atoms with Crippen molar-refractivity contribution in [3.8, 4) is 0 Å². The molecule has 0 aliphatic carbocycles. The number of H-pyrrole nitrogens is 1. The Labute approximate surface area is 128 Å². The van der Waals surface area contributed by atoms with Gasteiger partial charge in [-0.15, -0.1) is 0 Å². The monoisotopic (exact) mass is 292 g/mol. The van der Waals surface area contributed by atoms with Gasteiger partial charge in [0.1, 0.15) is 0 Å². The van der Waals surface area contributed by atoms with E-state index in [1.54, 1.807) is 24.3 Å². The molecule has 0 spiro atoms. The highest BCUT2D eigenvalue weighted by atomic mass is 16.1. The van der Waals surface area contributed by atoms with Crippen LogP contribution in [0.3, 0.4) is 0 Å². The number of rotatable bonds is 4. The summed E-state index contributed by atoms with van der Waals surface area (Å²) in [6.45, 7) is 1.51. The van der Waals surface area contributed by atoms with Gasteiger partial charge in [0, 0.05) is 23.0 Å². The Hall–Kier alpha value is -2.88. The summed E-state index contributed by atoms with van der Waals surface area (Å²) in [5.74, 6) is -0.125. The zero-order valence-electron chi connectivity index (χ0n) is 12.2. The number of aromatic amines is 1. The topological polar surface area (TPSA) is 62.0 Å². The lowest BCUT2D eigenvalue weighted by atomic mass is 10.1. The molecule has 3 rings (SSSR count). The fraction of sp³-hybridized carbons (Fsp3) is 0.111. The molecule has 0 radical (unpaired) electrons. The maximum atomic E-state index is 12.1. The number of hydrogen-bond donors (Lipinski definition) is 2. The van der Waals surface area contributed by atoms with E-state index in [0.29, 0.717) is 17.7 Å². The maximum Gasteiger partial charge on any atom is 0.228 e. The molecule has 0 unspecified atom stereocenters. The standard InChI is InChI=1S/C18H16N2O2/c1-12(21)15-3-2-4-16(11-15)20-18(22)10-13-5-6-14-7-8-19-17(14)9-13/h2-9,11,19H,10H2,1H3,(H,20,22). The van der Waals surface area contributed by atoms with Gasteiger partial charge >= 0.3 is 0 Å². The van der Waals surface area contributed by atoms with E-state index in [1.165, 1.54) is 6.92 Å². The summed E-state index contributed by atoms with van der Waals surface area (Å²) in [5, 5.41) is 3.95. The van der Waals surface area contributed by atoms with Crippen LogP contribution in [0.4, 0.5) is 5.69 Å². The molecule has 3 aromatic rings. The van der Waals surface area contributed by atoms with E-state index in [0.717, 1.165) is 16.5 Å². The van der Waals surface area contributed by atoms with Crippen LogP contribution in [0.2, 0.25) is 0 Å². The molecule has 0 saturated carbocycles. The number of carbonyl (C=O) groups is 2. The second kappa shape index (κ2) is 5.85. The number of aromatic nitrogens is 1. The van der Waals surface area contributed by atoms with Crippen LogP contribution in [-0.2, 0) is 11.2 Å². The van der Waals surface area contributed by atoms with Crippen LogP contribution in [0.5, 0.6) is 0 Å². The molecule has 0 aliphatic rings. The van der Waals surface area contributed by atoms with E-state index >= 15 is 0 Å². The molecule has 0 bridgehead atoms. The van der Waals surface area contributed by atoms with E-state index in [9.17, 15) is 9.59 Å². The molecule has 0 fully saturated rings. The number of ketones is 1. The van der Waals surface area contributed by atoms with Gasteiger partial charge in [-0.05, 0) is 42.1 Å². The lowest BCUT2D eigenvalue weighted by molar-refractivity contribution is -0.115. The lowest BCUT2D eigenvalue weighted by Crippen LogP contribution is -2.14. The third-order valence-electron chi connectivity index (χ3n) is 3.54. The number of nitrogens with one attached hydrogen (secondary N) is 2. The number of benzene rings is 2. The smallest absolute Gasteiger partial charge is 0.228 e. The van der Waals surface area contributed by atoms with E-state index in [2.05, 4.69) is 10.3 Å². The predicted molar refractivity (Wildman–Crippen MR) is 87.1 cm³/mol. The average molecular weight is 292 g/mol. The van der Waals surface area contributed by atoms with Crippen LogP contribution in [0.1, 0.15) is 22.8 Å². The fourth-order valence-electron chi connectivity index (χ4n) is 2.41. The fourth-order valence-corrected chi connectivity index (χ4v) is 2.41. The van der Waals surface area contributed by atoms with Gasteiger partial charge in [-0.2, -0.15) is 0 Å². The molecule has 1 aromatic heterocycles. The minimum Gasteiger partial charge on any atom is -0.361 e. The number of fused-ring (bicyclic) bond motifs is 1. The molecule has 2 N–H and O–H groups in total. The van der Waals surface area contributed by atoms with Crippen molar-refractivity contribution in [2.45, 2.75) is 13.3 Å². The molecule has 0 atom stereocenters. The van der Waals surface area contributed by atoms with Gasteiger partial charge in [0.25, 0.3) is 0 Å². The minimum absolute atomic E-state index is 0.0201. The highest BCUT2D eigenvalue weighted by molar-refractivity contribution is 5.97. The summed E-state index contributed by atoms with van der Waals surface area (Å²) in [4.78, 5) is 26.6. The van der Waals surface area contributed by atoms with Gasteiger partial charge in [-0.3, -0.25) is 9.59 Å². The lowest BCUT2D eigenvalue weighted by Gasteiger charge is -2.07. The Kier molecular flexibility index (Phi) is 3.74. The molecule has 110 valence electrons. The molecule has 1 heterocycles. The highest BCUT2D eigenvalue weighted by Gasteiger charge is 2.07. The number of hydrogen-bond acceptors (Lipinski definition) is 2. The molecule has 22 heavy (non-hydrogen) atoms. The van der Waals surface area contributed by atoms with Gasteiger partial charge in [-0.1, -0.05) is 24.3 Å². The minimum atomic E-state index is -0.105. The van der Waals surface area contributed by atoms with Crippen molar-refractivity contribution in [2.75, 3.05) is 5.32 Å². The third-order valence-corrected chi connectivity index (χ3v) is 3.54. The summed E-state index contributed by atoms with van der Waals surface area (Å²) < 4.78 is 0. The van der Waals surface area contributed by atoms with Crippen molar-refractivity contribution in [2.24, 2.45) is 0 Å². The molecule has 4 heteroatoms. The van der Waals surface area contributed by atoms with Crippen molar-refractivity contribution in [1.82, 2.24) is 4.98 Å². The first-order valence-electron chi connectivity index (χ1n) is 7.09. The van der Waals surface area contributed by atoms with Crippen molar-refractivity contribution < 1.29 is 9.59 Å². The summed E-state index contributed by atoms with van der Waals surface area (Å²) in [6, 6.07) is 14.9. The van der Waals surface area contributed by atoms with Gasteiger partial charge in [0.15, 0.2) is 5.78 Å². The van der Waals surface area contributed by atoms with Gasteiger partial charge < -0.3 is 10.3 Å². The largest absolute Gasteiger partial charge is 0.361 e. The molecular formula is C18H16N2O2. The molecular weight excluding hydrogens is 276 g/mol. The molecule has 2 aromatic carbocycles. The Morgan fingerprint density at radius 3 is 2.77 bits per heavy atom. The molecule has 0 aliphatic heterocycles. The first-order chi connectivity index (χ1) is 10.6. The van der Waals surface area contributed by atoms with Crippen LogP contribution in [0.25, 0.3) is 10.9 Å². The summed E-state index contributed by atoms with van der Waals surface area (Å²) in [6.07, 6.45) is 2.17. The van der Waals surface area contributed by atoms with Crippen molar-refractivity contribution >= 4 is 28.3 Å². The molecule has 4 nitrogen and oxygen atoms in total. The predicted octanol–water partition coefficient (Wildman–Crippen LogP) is 3.55. The Bertz CT molecular complexity index is 849. The van der Waals surface area contributed by atoms with Gasteiger partial charge in [0.2, 0.25) is 5.91 Å². The van der Waals surface area contributed by atoms with Crippen LogP contribution >= 0.6 is 0 Å². The molecule has 1 amide bonds. The van der Waals surface area contributed by atoms with Gasteiger partial charge in [-0.25, -0.2) is 0 Å². The summed E-state index contributed by atoms with van der Waals surface area (Å²) in [5.41, 5.74) is 3.18. The normalized spacial score (nSPS) is 10.6. The van der Waals surface area contributed by atoms with Crippen LogP contribution in [0.15, 0.2) is 54.7 Å².